The van der Waals surface area contributed by atoms with Crippen molar-refractivity contribution in [1.29, 1.82) is 0 Å². The molecule has 0 amide bonds. The molecule has 1 N–H and O–H groups in total. The number of rotatable bonds is 15. The Bertz CT molecular complexity index is 431. The largest absolute Gasteiger partial charge is 0.466 e. The lowest BCUT2D eigenvalue weighted by Crippen LogP contribution is -2.14. The van der Waals surface area contributed by atoms with E-state index in [9.17, 15) is 9.59 Å². The zero-order chi connectivity index (χ0) is 19.5. The van der Waals surface area contributed by atoms with Crippen LogP contribution in [-0.2, 0) is 19.1 Å². The molecule has 0 spiro atoms. The van der Waals surface area contributed by atoms with Crippen molar-refractivity contribution in [1.82, 2.24) is 5.43 Å². The summed E-state index contributed by atoms with van der Waals surface area (Å²) in [4.78, 5) is 22.4. The molecule has 0 aromatic rings. The second-order valence-electron chi connectivity index (χ2n) is 5.73. The van der Waals surface area contributed by atoms with Gasteiger partial charge in [0.25, 0.3) is 0 Å². The van der Waals surface area contributed by atoms with Crippen LogP contribution in [0.15, 0.2) is 5.10 Å². The number of hydrogen-bond acceptors (Lipinski definition) is 7. The Morgan fingerprint density at radius 1 is 1.00 bits per heavy atom. The van der Waals surface area contributed by atoms with Crippen molar-refractivity contribution in [2.45, 2.75) is 71.1 Å². The summed E-state index contributed by atoms with van der Waals surface area (Å²) in [6.07, 6.45) is 13.5. The lowest BCUT2D eigenvalue weighted by atomic mass is 10.1. The minimum Gasteiger partial charge on any atom is -0.466 e. The summed E-state index contributed by atoms with van der Waals surface area (Å²) in [5.41, 5.74) is 2.80. The van der Waals surface area contributed by atoms with Gasteiger partial charge in [-0.15, -0.1) is 0 Å². The molecule has 0 aromatic carbocycles. The highest BCUT2D eigenvalue weighted by molar-refractivity contribution is 8.22. The lowest BCUT2D eigenvalue weighted by Gasteiger charge is -2.05. The van der Waals surface area contributed by atoms with E-state index in [4.69, 9.17) is 17.0 Å². The van der Waals surface area contributed by atoms with Gasteiger partial charge in [0.05, 0.1) is 13.2 Å². The summed E-state index contributed by atoms with van der Waals surface area (Å²) in [6, 6.07) is 0. The number of nitrogens with one attached hydrogen (secondary N) is 1. The topological polar surface area (TPSA) is 77.0 Å². The molecule has 0 saturated carbocycles. The minimum atomic E-state index is -0.525. The molecule has 0 rings (SSSR count). The van der Waals surface area contributed by atoms with Crippen LogP contribution in [0.3, 0.4) is 0 Å². The Morgan fingerprint density at radius 2 is 1.58 bits per heavy atom. The van der Waals surface area contributed by atoms with Gasteiger partial charge in [-0.2, -0.15) is 5.10 Å². The molecule has 0 heterocycles. The summed E-state index contributed by atoms with van der Waals surface area (Å²) in [7, 11) is 0. The third-order valence-electron chi connectivity index (χ3n) is 3.52. The molecule has 0 aliphatic rings. The van der Waals surface area contributed by atoms with E-state index in [2.05, 4.69) is 15.3 Å². The highest BCUT2D eigenvalue weighted by atomic mass is 32.2. The van der Waals surface area contributed by atoms with Crippen molar-refractivity contribution in [2.75, 3.05) is 19.5 Å². The number of esters is 2. The molecule has 0 bridgehead atoms. The molecular weight excluding hydrogens is 372 g/mol. The fourth-order valence-electron chi connectivity index (χ4n) is 2.17. The van der Waals surface area contributed by atoms with Gasteiger partial charge in [-0.3, -0.25) is 15.0 Å². The van der Waals surface area contributed by atoms with E-state index < -0.39 is 11.9 Å². The monoisotopic (exact) mass is 404 g/mol. The summed E-state index contributed by atoms with van der Waals surface area (Å²) < 4.78 is 10.4. The number of carbonyl (C=O) groups is 2. The molecule has 26 heavy (non-hydrogen) atoms. The summed E-state index contributed by atoms with van der Waals surface area (Å²) >= 11 is 6.45. The normalized spacial score (nSPS) is 10.7. The van der Waals surface area contributed by atoms with Crippen LogP contribution in [0, 0.1) is 0 Å². The quantitative estimate of drug-likeness (QED) is 0.109. The molecule has 0 saturated heterocycles. The zero-order valence-electron chi connectivity index (χ0n) is 16.0. The molecule has 0 fully saturated rings. The number of hydrogen-bond donors (Lipinski definition) is 1. The van der Waals surface area contributed by atoms with Crippen LogP contribution < -0.4 is 5.43 Å². The molecule has 0 aromatic heterocycles. The van der Waals surface area contributed by atoms with E-state index in [0.29, 0.717) is 10.9 Å². The van der Waals surface area contributed by atoms with E-state index in [1.807, 2.05) is 12.5 Å². The Kier molecular flexibility index (Phi) is 17.8. The maximum absolute atomic E-state index is 11.3. The van der Waals surface area contributed by atoms with Crippen molar-refractivity contribution < 1.29 is 19.1 Å². The second kappa shape index (κ2) is 18.6. The SMILES string of the molecule is CCOC(=O)CC(=O)OCCCCCCCCCC/C=N/NC(=S)SC. The number of thioether (sulfide) groups is 1. The molecule has 6 nitrogen and oxygen atoms in total. The Morgan fingerprint density at radius 3 is 2.19 bits per heavy atom. The number of nitrogens with zero attached hydrogens (tertiary/aromatic N) is 1. The van der Waals surface area contributed by atoms with Crippen molar-refractivity contribution >= 4 is 46.5 Å². The van der Waals surface area contributed by atoms with Crippen LogP contribution in [0.25, 0.3) is 0 Å². The van der Waals surface area contributed by atoms with E-state index >= 15 is 0 Å². The minimum absolute atomic E-state index is 0.281. The highest BCUT2D eigenvalue weighted by Gasteiger charge is 2.10. The van der Waals surface area contributed by atoms with Gasteiger partial charge in [-0.05, 0) is 32.4 Å². The number of ether oxygens (including phenoxy) is 2. The predicted octanol–water partition coefficient (Wildman–Crippen LogP) is 4.22. The number of thiocarbonyl (C=S) groups is 1. The van der Waals surface area contributed by atoms with Crippen LogP contribution in [0.1, 0.15) is 71.1 Å². The molecule has 0 radical (unpaired) electrons. The Hall–Kier alpha value is -1.15. The van der Waals surface area contributed by atoms with Crippen molar-refractivity contribution in [3.05, 3.63) is 0 Å². The summed E-state index contributed by atoms with van der Waals surface area (Å²) in [5, 5.41) is 4.06. The fourth-order valence-corrected chi connectivity index (χ4v) is 2.37. The van der Waals surface area contributed by atoms with E-state index in [-0.39, 0.29) is 13.0 Å². The Balaban J connectivity index is 3.28. The summed E-state index contributed by atoms with van der Waals surface area (Å²) in [6.45, 7) is 2.37. The van der Waals surface area contributed by atoms with Crippen LogP contribution in [0.2, 0.25) is 0 Å². The first-order chi connectivity index (χ1) is 12.6. The number of unbranched alkanes of at least 4 members (excludes halogenated alkanes) is 8. The van der Waals surface area contributed by atoms with E-state index in [0.717, 1.165) is 32.1 Å². The zero-order valence-corrected chi connectivity index (χ0v) is 17.6. The summed E-state index contributed by atoms with van der Waals surface area (Å²) in [5.74, 6) is -1.03. The standard InChI is InChI=1S/C18H32N2O4S2/c1-3-23-16(21)15-17(22)24-14-12-10-8-6-4-5-7-9-11-13-19-20-18(25)26-2/h13H,3-12,14-15H2,1-2H3,(H,20,25)/b19-13+. The van der Waals surface area contributed by atoms with Gasteiger partial charge >= 0.3 is 11.9 Å². The molecule has 0 aliphatic carbocycles. The number of hydrazone groups is 1. The van der Waals surface area contributed by atoms with Crippen LogP contribution in [-0.4, -0.2) is 41.9 Å². The first-order valence-corrected chi connectivity index (χ1v) is 10.9. The fraction of sp³-hybridized carbons (Fsp3) is 0.778. The Labute approximate surface area is 166 Å². The van der Waals surface area contributed by atoms with Crippen molar-refractivity contribution in [2.24, 2.45) is 5.10 Å². The van der Waals surface area contributed by atoms with Gasteiger partial charge < -0.3 is 9.47 Å². The van der Waals surface area contributed by atoms with Gasteiger partial charge in [0, 0.05) is 6.21 Å². The second-order valence-corrected chi connectivity index (χ2v) is 7.22. The van der Waals surface area contributed by atoms with Crippen LogP contribution in [0.5, 0.6) is 0 Å². The molecular formula is C18H32N2O4S2. The number of carbonyl (C=O) groups excluding carboxylic acids is 2. The van der Waals surface area contributed by atoms with E-state index in [1.165, 1.54) is 37.4 Å². The molecule has 8 heteroatoms. The molecule has 0 atom stereocenters. The third-order valence-corrected chi connectivity index (χ3v) is 4.57. The van der Waals surface area contributed by atoms with E-state index in [1.54, 1.807) is 6.92 Å². The predicted molar refractivity (Wildman–Crippen MR) is 112 cm³/mol. The average Bonchev–Trinajstić information content (AvgIpc) is 2.61. The van der Waals surface area contributed by atoms with Crippen LogP contribution >= 0.6 is 24.0 Å². The average molecular weight is 405 g/mol. The van der Waals surface area contributed by atoms with Crippen molar-refractivity contribution in [3.8, 4) is 0 Å². The van der Waals surface area contributed by atoms with Crippen molar-refractivity contribution in [3.63, 3.8) is 0 Å². The van der Waals surface area contributed by atoms with Gasteiger partial charge in [0.2, 0.25) is 0 Å². The smallest absolute Gasteiger partial charge is 0.317 e. The first kappa shape index (κ1) is 24.8. The highest BCUT2D eigenvalue weighted by Crippen LogP contribution is 2.09. The molecule has 0 unspecified atom stereocenters. The van der Waals surface area contributed by atoms with Gasteiger partial charge in [-0.1, -0.05) is 62.5 Å². The third kappa shape index (κ3) is 17.7. The van der Waals surface area contributed by atoms with Gasteiger partial charge in [0.1, 0.15) is 6.42 Å². The van der Waals surface area contributed by atoms with Gasteiger partial charge in [0.15, 0.2) is 4.32 Å². The van der Waals surface area contributed by atoms with Crippen LogP contribution in [0.4, 0.5) is 0 Å². The maximum atomic E-state index is 11.3. The molecule has 0 aliphatic heterocycles. The maximum Gasteiger partial charge on any atom is 0.317 e. The van der Waals surface area contributed by atoms with Gasteiger partial charge in [-0.25, -0.2) is 0 Å². The first-order valence-electron chi connectivity index (χ1n) is 9.26. The molecule has 150 valence electrons. The lowest BCUT2D eigenvalue weighted by molar-refractivity contribution is -0.154.